The lowest BCUT2D eigenvalue weighted by Gasteiger charge is -2.15. The van der Waals surface area contributed by atoms with Gasteiger partial charge >= 0.3 is 5.97 Å². The molecule has 0 fully saturated rings. The molecule has 0 saturated carbocycles. The molecule has 0 aliphatic heterocycles. The first kappa shape index (κ1) is 12.2. The van der Waals surface area contributed by atoms with Crippen LogP contribution >= 0.6 is 0 Å². The molecule has 2 unspecified atom stereocenters. The second kappa shape index (κ2) is 4.75. The van der Waals surface area contributed by atoms with Crippen LogP contribution in [0.25, 0.3) is 0 Å². The van der Waals surface area contributed by atoms with Crippen molar-refractivity contribution in [1.29, 1.82) is 5.26 Å². The molecule has 2 atom stereocenters. The lowest BCUT2D eigenvalue weighted by atomic mass is 9.97. The maximum absolute atomic E-state index is 10.7. The molecule has 0 bridgehead atoms. The van der Waals surface area contributed by atoms with Crippen molar-refractivity contribution >= 4 is 5.97 Å². The zero-order valence-electron chi connectivity index (χ0n) is 8.58. The number of carbonyl (C=O) groups is 1. The van der Waals surface area contributed by atoms with Crippen LogP contribution in [-0.2, 0) is 0 Å². The number of rotatable bonds is 3. The minimum absolute atomic E-state index is 0.00443. The molecule has 5 heteroatoms. The summed E-state index contributed by atoms with van der Waals surface area (Å²) >= 11 is 0. The van der Waals surface area contributed by atoms with E-state index in [4.69, 9.17) is 10.4 Å². The molecule has 0 saturated heterocycles. The summed E-state index contributed by atoms with van der Waals surface area (Å²) in [4.78, 5) is 10.7. The average molecular weight is 221 g/mol. The number of aromatic carboxylic acids is 1. The molecular weight excluding hydrogens is 210 g/mol. The third kappa shape index (κ3) is 2.37. The first-order valence-corrected chi connectivity index (χ1v) is 4.57. The molecule has 1 rings (SSSR count). The van der Waals surface area contributed by atoms with Gasteiger partial charge in [0.2, 0.25) is 0 Å². The largest absolute Gasteiger partial charge is 0.478 e. The molecule has 0 amide bonds. The lowest BCUT2D eigenvalue weighted by molar-refractivity contribution is 0.0521. The van der Waals surface area contributed by atoms with Crippen LogP contribution in [0.5, 0.6) is 0 Å². The van der Waals surface area contributed by atoms with Crippen LogP contribution < -0.4 is 0 Å². The fraction of sp³-hybridized carbons (Fsp3) is 0.273. The highest BCUT2D eigenvalue weighted by molar-refractivity contribution is 5.87. The van der Waals surface area contributed by atoms with Crippen LogP contribution in [-0.4, -0.2) is 27.4 Å². The van der Waals surface area contributed by atoms with Crippen molar-refractivity contribution in [1.82, 2.24) is 0 Å². The summed E-state index contributed by atoms with van der Waals surface area (Å²) in [5, 5.41) is 36.0. The van der Waals surface area contributed by atoms with Gasteiger partial charge in [0.05, 0.1) is 11.6 Å². The van der Waals surface area contributed by atoms with E-state index in [1.165, 1.54) is 24.3 Å². The Hall–Kier alpha value is -1.90. The number of aliphatic hydroxyl groups excluding tert-OH is 2. The van der Waals surface area contributed by atoms with E-state index in [9.17, 15) is 15.0 Å². The second-order valence-electron chi connectivity index (χ2n) is 3.40. The third-order valence-corrected chi connectivity index (χ3v) is 2.28. The van der Waals surface area contributed by atoms with Gasteiger partial charge in [-0.1, -0.05) is 6.07 Å². The van der Waals surface area contributed by atoms with Crippen molar-refractivity contribution < 1.29 is 20.1 Å². The standard InChI is InChI=1S/C11H11NO4/c1-6-2-3-7(11(15)16)4-8(6)10(14)9(13)5-12/h2-4,9-10,13-14H,1H3,(H,15,16). The highest BCUT2D eigenvalue weighted by atomic mass is 16.4. The molecule has 0 aromatic heterocycles. The Balaban J connectivity index is 3.17. The Bertz CT molecular complexity index is 450. The molecule has 1 aromatic carbocycles. The summed E-state index contributed by atoms with van der Waals surface area (Å²) in [7, 11) is 0. The Morgan fingerprint density at radius 2 is 2.06 bits per heavy atom. The Labute approximate surface area is 92.2 Å². The number of aryl methyl sites for hydroxylation is 1. The molecule has 5 nitrogen and oxygen atoms in total. The minimum Gasteiger partial charge on any atom is -0.478 e. The summed E-state index contributed by atoms with van der Waals surface area (Å²) in [5.41, 5.74) is 0.866. The van der Waals surface area contributed by atoms with E-state index in [0.29, 0.717) is 5.56 Å². The van der Waals surface area contributed by atoms with Crippen LogP contribution in [0.3, 0.4) is 0 Å². The van der Waals surface area contributed by atoms with Gasteiger partial charge in [-0.15, -0.1) is 0 Å². The minimum atomic E-state index is -1.57. The highest BCUT2D eigenvalue weighted by Crippen LogP contribution is 2.22. The van der Waals surface area contributed by atoms with Gasteiger partial charge < -0.3 is 15.3 Å². The number of carboxylic acid groups (broad SMARTS) is 1. The smallest absolute Gasteiger partial charge is 0.335 e. The third-order valence-electron chi connectivity index (χ3n) is 2.28. The van der Waals surface area contributed by atoms with Crippen LogP contribution in [0, 0.1) is 18.3 Å². The Morgan fingerprint density at radius 1 is 1.44 bits per heavy atom. The van der Waals surface area contributed by atoms with Crippen LogP contribution in [0.2, 0.25) is 0 Å². The summed E-state index contributed by atoms with van der Waals surface area (Å²) in [6, 6.07) is 5.67. The fourth-order valence-corrected chi connectivity index (χ4v) is 1.33. The first-order valence-electron chi connectivity index (χ1n) is 4.57. The number of aliphatic hydroxyl groups is 2. The van der Waals surface area contributed by atoms with Crippen molar-refractivity contribution in [2.75, 3.05) is 0 Å². The van der Waals surface area contributed by atoms with Crippen molar-refractivity contribution in [3.8, 4) is 6.07 Å². The molecule has 0 spiro atoms. The zero-order chi connectivity index (χ0) is 12.3. The summed E-state index contributed by atoms with van der Waals surface area (Å²) < 4.78 is 0. The fourth-order valence-electron chi connectivity index (χ4n) is 1.33. The molecule has 84 valence electrons. The van der Waals surface area contributed by atoms with E-state index in [1.807, 2.05) is 0 Å². The second-order valence-corrected chi connectivity index (χ2v) is 3.40. The first-order chi connectivity index (χ1) is 7.47. The van der Waals surface area contributed by atoms with Crippen molar-refractivity contribution in [3.63, 3.8) is 0 Å². The molecule has 16 heavy (non-hydrogen) atoms. The molecule has 1 aromatic rings. The van der Waals surface area contributed by atoms with Crippen molar-refractivity contribution in [3.05, 3.63) is 34.9 Å². The van der Waals surface area contributed by atoms with Gasteiger partial charge in [-0.25, -0.2) is 4.79 Å². The van der Waals surface area contributed by atoms with Gasteiger partial charge in [-0.2, -0.15) is 5.26 Å². The van der Waals surface area contributed by atoms with E-state index in [-0.39, 0.29) is 11.1 Å². The van der Waals surface area contributed by atoms with E-state index in [0.717, 1.165) is 0 Å². The van der Waals surface area contributed by atoms with E-state index in [1.54, 1.807) is 6.92 Å². The summed E-state index contributed by atoms with van der Waals surface area (Å²) in [6.07, 6.45) is -2.97. The quantitative estimate of drug-likeness (QED) is 0.649. The number of nitrogens with zero attached hydrogens (tertiary/aromatic N) is 1. The van der Waals surface area contributed by atoms with E-state index >= 15 is 0 Å². The molecule has 0 radical (unpaired) electrons. The monoisotopic (exact) mass is 221 g/mol. The van der Waals surface area contributed by atoms with Gasteiger partial charge in [0.1, 0.15) is 6.10 Å². The number of carboxylic acids is 1. The number of hydrogen-bond donors (Lipinski definition) is 3. The Kier molecular flexibility index (Phi) is 3.61. The maximum atomic E-state index is 10.7. The topological polar surface area (TPSA) is 102 Å². The van der Waals surface area contributed by atoms with Crippen molar-refractivity contribution in [2.45, 2.75) is 19.1 Å². The van der Waals surface area contributed by atoms with E-state index in [2.05, 4.69) is 0 Å². The van der Waals surface area contributed by atoms with Crippen LogP contribution in [0.4, 0.5) is 0 Å². The maximum Gasteiger partial charge on any atom is 0.335 e. The normalized spacial score (nSPS) is 13.9. The average Bonchev–Trinajstić information content (AvgIpc) is 2.27. The molecule has 0 aliphatic rings. The number of nitriles is 1. The van der Waals surface area contributed by atoms with Crippen LogP contribution in [0.15, 0.2) is 18.2 Å². The zero-order valence-corrected chi connectivity index (χ0v) is 8.58. The van der Waals surface area contributed by atoms with Gasteiger partial charge in [-0.3, -0.25) is 0 Å². The number of hydrogen-bond acceptors (Lipinski definition) is 4. The molecular formula is C11H11NO4. The SMILES string of the molecule is Cc1ccc(C(=O)O)cc1C(O)C(O)C#N. The van der Waals surface area contributed by atoms with Gasteiger partial charge in [0, 0.05) is 0 Å². The summed E-state index contributed by atoms with van der Waals surface area (Å²) in [6.45, 7) is 1.66. The van der Waals surface area contributed by atoms with Crippen LogP contribution in [0.1, 0.15) is 27.6 Å². The lowest BCUT2D eigenvalue weighted by Crippen LogP contribution is -2.17. The molecule has 0 heterocycles. The van der Waals surface area contributed by atoms with Gasteiger partial charge in [-0.05, 0) is 30.2 Å². The summed E-state index contributed by atoms with van der Waals surface area (Å²) in [5.74, 6) is -1.13. The van der Waals surface area contributed by atoms with Crippen molar-refractivity contribution in [2.24, 2.45) is 0 Å². The van der Waals surface area contributed by atoms with Gasteiger partial charge in [0.15, 0.2) is 6.10 Å². The molecule has 0 aliphatic carbocycles. The number of benzene rings is 1. The molecule has 3 N–H and O–H groups in total. The van der Waals surface area contributed by atoms with E-state index < -0.39 is 18.2 Å². The Morgan fingerprint density at radius 3 is 2.56 bits per heavy atom. The predicted molar refractivity (Wildman–Crippen MR) is 54.7 cm³/mol. The van der Waals surface area contributed by atoms with Gasteiger partial charge in [0.25, 0.3) is 0 Å². The predicted octanol–water partition coefficient (Wildman–Crippen LogP) is 0.611. The highest BCUT2D eigenvalue weighted by Gasteiger charge is 2.20.